The van der Waals surface area contributed by atoms with E-state index < -0.39 is 0 Å². The minimum absolute atomic E-state index is 0.679. The quantitative estimate of drug-likeness (QED) is 0.343. The van der Waals surface area contributed by atoms with Gasteiger partial charge in [-0.3, -0.25) is 0 Å². The second-order valence-corrected chi connectivity index (χ2v) is 6.22. The van der Waals surface area contributed by atoms with Crippen LogP contribution in [-0.4, -0.2) is 13.2 Å². The van der Waals surface area contributed by atoms with Crippen molar-refractivity contribution in [2.45, 2.75) is 38.5 Å². The van der Waals surface area contributed by atoms with Crippen molar-refractivity contribution in [2.24, 2.45) is 0 Å². The smallest absolute Gasteiger partial charge is 0.119 e. The number of nitriles is 1. The summed E-state index contributed by atoms with van der Waals surface area (Å²) in [4.78, 5) is 0. The molecule has 0 aliphatic heterocycles. The molecule has 0 saturated heterocycles. The predicted molar refractivity (Wildman–Crippen MR) is 106 cm³/mol. The van der Waals surface area contributed by atoms with Gasteiger partial charge in [-0.15, -0.1) is 0 Å². The maximum absolute atomic E-state index is 8.85. The van der Waals surface area contributed by atoms with E-state index in [-0.39, 0.29) is 0 Å². The van der Waals surface area contributed by atoms with Crippen molar-refractivity contribution in [3.05, 3.63) is 66.9 Å². The molecule has 0 aliphatic rings. The highest BCUT2D eigenvalue weighted by Crippen LogP contribution is 2.23. The molecule has 2 rings (SSSR count). The van der Waals surface area contributed by atoms with Crippen LogP contribution >= 0.6 is 0 Å². The molecule has 2 aromatic carbocycles. The maximum Gasteiger partial charge on any atom is 0.119 e. The minimum Gasteiger partial charge on any atom is -0.502 e. The van der Waals surface area contributed by atoms with Gasteiger partial charge >= 0.3 is 0 Å². The summed E-state index contributed by atoms with van der Waals surface area (Å²) >= 11 is 0. The molecule has 0 amide bonds. The topological polar surface area (TPSA) is 42.2 Å². The van der Waals surface area contributed by atoms with Gasteiger partial charge in [0.05, 0.1) is 31.1 Å². The van der Waals surface area contributed by atoms with E-state index in [0.717, 1.165) is 42.9 Å². The molecule has 0 heterocycles. The molecule has 0 fully saturated rings. The zero-order valence-electron chi connectivity index (χ0n) is 15.3. The summed E-state index contributed by atoms with van der Waals surface area (Å²) in [6.45, 7) is 5.08. The van der Waals surface area contributed by atoms with Crippen molar-refractivity contribution in [1.82, 2.24) is 0 Å². The molecule has 136 valence electrons. The lowest BCUT2D eigenvalue weighted by Crippen LogP contribution is -1.97. The summed E-state index contributed by atoms with van der Waals surface area (Å²) in [5, 5.41) is 8.85. The number of nitrogens with zero attached hydrogens (tertiary/aromatic N) is 1. The van der Waals surface area contributed by atoms with Gasteiger partial charge in [-0.1, -0.05) is 56.5 Å². The van der Waals surface area contributed by atoms with Crippen LogP contribution in [0.4, 0.5) is 0 Å². The first kappa shape index (κ1) is 19.6. The fraction of sp³-hybridized carbons (Fsp3) is 0.348. The molecule has 0 bridgehead atoms. The molecule has 0 radical (unpaired) electrons. The number of hydrogen-bond donors (Lipinski definition) is 0. The third kappa shape index (κ3) is 7.03. The van der Waals surface area contributed by atoms with Crippen molar-refractivity contribution in [2.75, 3.05) is 13.2 Å². The van der Waals surface area contributed by atoms with Crippen LogP contribution < -0.4 is 4.74 Å². The molecule has 0 atom stereocenters. The first-order valence-corrected chi connectivity index (χ1v) is 9.29. The Bertz CT molecular complexity index is 684. The fourth-order valence-corrected chi connectivity index (χ4v) is 2.75. The molecule has 3 nitrogen and oxygen atoms in total. The highest BCUT2D eigenvalue weighted by Gasteiger charge is 2.00. The number of hydrogen-bond acceptors (Lipinski definition) is 3. The highest BCUT2D eigenvalue weighted by atomic mass is 16.5. The Morgan fingerprint density at radius 2 is 1.31 bits per heavy atom. The molecule has 0 aromatic heterocycles. The minimum atomic E-state index is 0.679. The van der Waals surface area contributed by atoms with Crippen LogP contribution in [0.5, 0.6) is 5.75 Å². The zero-order chi connectivity index (χ0) is 18.5. The van der Waals surface area contributed by atoms with Gasteiger partial charge in [0.1, 0.15) is 5.75 Å². The Hall–Kier alpha value is -2.73. The molecule has 0 aliphatic carbocycles. The molecule has 0 unspecified atom stereocenters. The predicted octanol–water partition coefficient (Wildman–Crippen LogP) is 6.10. The van der Waals surface area contributed by atoms with Gasteiger partial charge in [0.15, 0.2) is 0 Å². The SMILES string of the molecule is C=COCCCCCCCCOc1ccc(-c2ccc(C#N)cc2)cc1. The van der Waals surface area contributed by atoms with Gasteiger partial charge in [0.2, 0.25) is 0 Å². The standard InChI is InChI=1S/C23H27NO2/c1-2-25-17-7-5-3-4-6-8-18-26-23-15-13-22(14-16-23)21-11-9-20(19-24)10-12-21/h2,9-16H,1,3-8,17-18H2. The summed E-state index contributed by atoms with van der Waals surface area (Å²) in [5.41, 5.74) is 2.91. The second kappa shape index (κ2) is 11.8. The van der Waals surface area contributed by atoms with Gasteiger partial charge in [-0.25, -0.2) is 0 Å². The van der Waals surface area contributed by atoms with Gasteiger partial charge < -0.3 is 9.47 Å². The molecule has 0 spiro atoms. The second-order valence-electron chi connectivity index (χ2n) is 6.22. The summed E-state index contributed by atoms with van der Waals surface area (Å²) in [6, 6.07) is 17.9. The van der Waals surface area contributed by atoms with Crippen molar-refractivity contribution < 1.29 is 9.47 Å². The lowest BCUT2D eigenvalue weighted by atomic mass is 10.0. The molecule has 0 saturated carbocycles. The zero-order valence-corrected chi connectivity index (χ0v) is 15.3. The van der Waals surface area contributed by atoms with E-state index in [0.29, 0.717) is 5.56 Å². The van der Waals surface area contributed by atoms with E-state index in [9.17, 15) is 0 Å². The van der Waals surface area contributed by atoms with Crippen LogP contribution in [0.25, 0.3) is 11.1 Å². The first-order chi connectivity index (χ1) is 12.8. The normalized spacial score (nSPS) is 10.1. The maximum atomic E-state index is 8.85. The van der Waals surface area contributed by atoms with Crippen molar-refractivity contribution >= 4 is 0 Å². The molecule has 3 heteroatoms. The number of unbranched alkanes of at least 4 members (excludes halogenated alkanes) is 5. The average Bonchev–Trinajstić information content (AvgIpc) is 2.70. The van der Waals surface area contributed by atoms with Gasteiger partial charge in [0.25, 0.3) is 0 Å². The highest BCUT2D eigenvalue weighted by molar-refractivity contribution is 5.64. The van der Waals surface area contributed by atoms with Crippen LogP contribution in [0.15, 0.2) is 61.4 Å². The Labute approximate surface area is 156 Å². The third-order valence-corrected chi connectivity index (χ3v) is 4.24. The fourth-order valence-electron chi connectivity index (χ4n) is 2.75. The van der Waals surface area contributed by atoms with E-state index in [2.05, 4.69) is 24.8 Å². The Kier molecular flexibility index (Phi) is 8.86. The van der Waals surface area contributed by atoms with Crippen LogP contribution in [0, 0.1) is 11.3 Å². The van der Waals surface area contributed by atoms with E-state index in [4.69, 9.17) is 14.7 Å². The summed E-state index contributed by atoms with van der Waals surface area (Å²) in [6.07, 6.45) is 8.61. The van der Waals surface area contributed by atoms with Crippen LogP contribution in [0.3, 0.4) is 0 Å². The molecule has 26 heavy (non-hydrogen) atoms. The van der Waals surface area contributed by atoms with Gasteiger partial charge in [-0.05, 0) is 48.2 Å². The van der Waals surface area contributed by atoms with E-state index in [1.807, 2.05) is 36.4 Å². The Morgan fingerprint density at radius 3 is 1.88 bits per heavy atom. The molecule has 0 N–H and O–H groups in total. The summed E-state index contributed by atoms with van der Waals surface area (Å²) in [5.74, 6) is 0.906. The van der Waals surface area contributed by atoms with Crippen molar-refractivity contribution in [1.29, 1.82) is 5.26 Å². The van der Waals surface area contributed by atoms with Gasteiger partial charge in [0, 0.05) is 0 Å². The average molecular weight is 349 g/mol. The number of benzene rings is 2. The summed E-state index contributed by atoms with van der Waals surface area (Å²) in [7, 11) is 0. The van der Waals surface area contributed by atoms with Crippen molar-refractivity contribution in [3.8, 4) is 22.9 Å². The van der Waals surface area contributed by atoms with E-state index >= 15 is 0 Å². The monoisotopic (exact) mass is 349 g/mol. The number of ether oxygens (including phenoxy) is 2. The lowest BCUT2D eigenvalue weighted by molar-refractivity contribution is 0.241. The summed E-state index contributed by atoms with van der Waals surface area (Å²) < 4.78 is 10.9. The van der Waals surface area contributed by atoms with Crippen molar-refractivity contribution in [3.63, 3.8) is 0 Å². The van der Waals surface area contributed by atoms with E-state index in [1.54, 1.807) is 0 Å². The Morgan fingerprint density at radius 1 is 0.769 bits per heavy atom. The van der Waals surface area contributed by atoms with E-state index in [1.165, 1.54) is 31.9 Å². The van der Waals surface area contributed by atoms with Gasteiger partial charge in [-0.2, -0.15) is 5.26 Å². The first-order valence-electron chi connectivity index (χ1n) is 9.29. The molecular weight excluding hydrogens is 322 g/mol. The van der Waals surface area contributed by atoms with Crippen LogP contribution in [0.2, 0.25) is 0 Å². The van der Waals surface area contributed by atoms with Crippen LogP contribution in [0.1, 0.15) is 44.1 Å². The molecular formula is C23H27NO2. The number of rotatable bonds is 12. The third-order valence-electron chi connectivity index (χ3n) is 4.24. The lowest BCUT2D eigenvalue weighted by Gasteiger charge is -2.08. The molecule has 2 aromatic rings. The van der Waals surface area contributed by atoms with Crippen LogP contribution in [-0.2, 0) is 4.74 Å². The largest absolute Gasteiger partial charge is 0.502 e. The Balaban J connectivity index is 1.62.